The highest BCUT2D eigenvalue weighted by atomic mass is 32.2. The summed E-state index contributed by atoms with van der Waals surface area (Å²) in [5.74, 6) is 0. The molecule has 0 aliphatic carbocycles. The lowest BCUT2D eigenvalue weighted by atomic mass is 10.1. The number of nitrogens with two attached hydrogens (primary N) is 1. The van der Waals surface area contributed by atoms with Crippen LogP contribution in [-0.2, 0) is 10.0 Å². The molecule has 0 spiro atoms. The van der Waals surface area contributed by atoms with E-state index >= 15 is 0 Å². The molecule has 118 valence electrons. The zero-order valence-electron chi connectivity index (χ0n) is 12.1. The zero-order valence-corrected chi connectivity index (χ0v) is 12.9. The number of hydrogen-bond donors (Lipinski definition) is 2. The maximum Gasteiger partial charge on any atom is 0.283 e. The summed E-state index contributed by atoms with van der Waals surface area (Å²) in [7, 11) is -3.80. The highest BCUT2D eigenvalue weighted by Gasteiger charge is 2.20. The van der Waals surface area contributed by atoms with E-state index in [1.807, 2.05) is 6.07 Å². The highest BCUT2D eigenvalue weighted by Crippen LogP contribution is 2.22. The third-order valence-electron chi connectivity index (χ3n) is 3.49. The molecule has 3 rings (SSSR count). The molecule has 1 unspecified atom stereocenters. The smallest absolute Gasteiger partial charge is 0.283 e. The molecule has 1 heterocycles. The van der Waals surface area contributed by atoms with Crippen LogP contribution >= 0.6 is 0 Å². The molecule has 23 heavy (non-hydrogen) atoms. The molecular formula is C16H15N3O3S. The van der Waals surface area contributed by atoms with Gasteiger partial charge in [-0.2, -0.15) is 17.6 Å². The average Bonchev–Trinajstić information content (AvgIpc) is 3.00. The largest absolute Gasteiger partial charge is 0.405 e. The van der Waals surface area contributed by atoms with Gasteiger partial charge in [0.05, 0.1) is 22.7 Å². The summed E-state index contributed by atoms with van der Waals surface area (Å²) in [4.78, 5) is 0.0963. The standard InChI is InChI=1S/C16H15N3O3S/c17-10-9-16(20)12-5-7-14(8-6-12)23(21,22)19-15-4-2-1-3-13(15)11-18-19/h1-11,16,20H,17H2/b10-9+. The van der Waals surface area contributed by atoms with Gasteiger partial charge in [0, 0.05) is 5.39 Å². The van der Waals surface area contributed by atoms with Crippen molar-refractivity contribution in [1.82, 2.24) is 9.19 Å². The molecule has 3 aromatic rings. The second-order valence-corrected chi connectivity index (χ2v) is 6.72. The second kappa shape index (κ2) is 5.86. The van der Waals surface area contributed by atoms with Gasteiger partial charge in [-0.05, 0) is 36.0 Å². The van der Waals surface area contributed by atoms with Crippen LogP contribution in [0.25, 0.3) is 10.9 Å². The van der Waals surface area contributed by atoms with Crippen LogP contribution in [0.15, 0.2) is 71.9 Å². The van der Waals surface area contributed by atoms with Gasteiger partial charge in [-0.25, -0.2) is 0 Å². The summed E-state index contributed by atoms with van der Waals surface area (Å²) in [5, 5.41) is 14.5. The predicted octanol–water partition coefficient (Wildman–Crippen LogP) is 1.78. The third kappa shape index (κ3) is 2.71. The molecule has 1 aromatic heterocycles. The summed E-state index contributed by atoms with van der Waals surface area (Å²) < 4.78 is 26.4. The summed E-state index contributed by atoms with van der Waals surface area (Å²) in [6.07, 6.45) is 3.29. The monoisotopic (exact) mass is 329 g/mol. The van der Waals surface area contributed by atoms with Crippen molar-refractivity contribution < 1.29 is 13.5 Å². The molecule has 1 atom stereocenters. The van der Waals surface area contributed by atoms with E-state index in [2.05, 4.69) is 5.10 Å². The van der Waals surface area contributed by atoms with Crippen LogP contribution in [0.3, 0.4) is 0 Å². The van der Waals surface area contributed by atoms with Crippen LogP contribution < -0.4 is 5.73 Å². The van der Waals surface area contributed by atoms with Gasteiger partial charge >= 0.3 is 0 Å². The first-order valence-electron chi connectivity index (χ1n) is 6.89. The fourth-order valence-corrected chi connectivity index (χ4v) is 3.57. The number of fused-ring (bicyclic) bond motifs is 1. The Morgan fingerprint density at radius 3 is 2.52 bits per heavy atom. The van der Waals surface area contributed by atoms with Gasteiger partial charge in [0.25, 0.3) is 10.0 Å². The molecule has 2 aromatic carbocycles. The van der Waals surface area contributed by atoms with Crippen molar-refractivity contribution in [2.24, 2.45) is 5.73 Å². The van der Waals surface area contributed by atoms with Crippen molar-refractivity contribution in [2.45, 2.75) is 11.0 Å². The second-order valence-electron chi connectivity index (χ2n) is 4.95. The number of nitrogens with zero attached hydrogens (tertiary/aromatic N) is 2. The number of rotatable bonds is 4. The molecule has 0 saturated carbocycles. The number of aliphatic hydroxyl groups is 1. The fourth-order valence-electron chi connectivity index (χ4n) is 2.29. The Bertz CT molecular complexity index is 960. The lowest BCUT2D eigenvalue weighted by molar-refractivity contribution is 0.228. The molecule has 0 amide bonds. The Labute approximate surface area is 133 Å². The summed E-state index contributed by atoms with van der Waals surface area (Å²) >= 11 is 0. The Kier molecular flexibility index (Phi) is 3.89. The van der Waals surface area contributed by atoms with Crippen LogP contribution in [0, 0.1) is 0 Å². The van der Waals surface area contributed by atoms with Crippen molar-refractivity contribution in [3.05, 3.63) is 72.6 Å². The molecule has 0 saturated heterocycles. The van der Waals surface area contributed by atoms with Crippen LogP contribution in [0.5, 0.6) is 0 Å². The van der Waals surface area contributed by atoms with E-state index in [1.54, 1.807) is 30.3 Å². The number of aliphatic hydroxyl groups excluding tert-OH is 1. The maximum atomic E-state index is 12.7. The van der Waals surface area contributed by atoms with Gasteiger partial charge in [0.1, 0.15) is 0 Å². The molecule has 3 N–H and O–H groups in total. The first kappa shape index (κ1) is 15.3. The van der Waals surface area contributed by atoms with Gasteiger partial charge in [-0.15, -0.1) is 0 Å². The topological polar surface area (TPSA) is 98.2 Å². The predicted molar refractivity (Wildman–Crippen MR) is 87.0 cm³/mol. The molecule has 7 heteroatoms. The molecule has 0 aliphatic heterocycles. The van der Waals surface area contributed by atoms with Crippen molar-refractivity contribution >= 4 is 20.9 Å². The van der Waals surface area contributed by atoms with E-state index in [1.165, 1.54) is 30.6 Å². The van der Waals surface area contributed by atoms with Crippen LogP contribution in [0.1, 0.15) is 11.7 Å². The van der Waals surface area contributed by atoms with Gasteiger partial charge in [0.2, 0.25) is 0 Å². The average molecular weight is 329 g/mol. The first-order chi connectivity index (χ1) is 11.0. The van der Waals surface area contributed by atoms with Crippen molar-refractivity contribution in [2.75, 3.05) is 0 Å². The molecular weight excluding hydrogens is 314 g/mol. The molecule has 0 fully saturated rings. The Morgan fingerprint density at radius 2 is 1.83 bits per heavy atom. The van der Waals surface area contributed by atoms with E-state index in [4.69, 9.17) is 5.73 Å². The first-order valence-corrected chi connectivity index (χ1v) is 8.33. The number of hydrogen-bond acceptors (Lipinski definition) is 5. The Hall–Kier alpha value is -2.64. The maximum absolute atomic E-state index is 12.7. The zero-order chi connectivity index (χ0) is 16.4. The summed E-state index contributed by atoms with van der Waals surface area (Å²) in [5.41, 5.74) is 6.30. The lowest BCUT2D eigenvalue weighted by Gasteiger charge is -2.09. The minimum Gasteiger partial charge on any atom is -0.405 e. The van der Waals surface area contributed by atoms with E-state index < -0.39 is 16.1 Å². The third-order valence-corrected chi connectivity index (χ3v) is 5.10. The summed E-state index contributed by atoms with van der Waals surface area (Å²) in [6, 6.07) is 13.0. The van der Waals surface area contributed by atoms with Crippen LogP contribution in [0.4, 0.5) is 0 Å². The molecule has 6 nitrogen and oxygen atoms in total. The number of aromatic nitrogens is 2. The minimum absolute atomic E-state index is 0.0963. The van der Waals surface area contributed by atoms with Gasteiger partial charge in [0.15, 0.2) is 0 Å². The number of para-hydroxylation sites is 1. The van der Waals surface area contributed by atoms with E-state index in [-0.39, 0.29) is 4.90 Å². The minimum atomic E-state index is -3.80. The summed E-state index contributed by atoms with van der Waals surface area (Å²) in [6.45, 7) is 0. The lowest BCUT2D eigenvalue weighted by Crippen LogP contribution is -2.14. The van der Waals surface area contributed by atoms with Gasteiger partial charge < -0.3 is 10.8 Å². The quantitative estimate of drug-likeness (QED) is 0.760. The molecule has 0 aliphatic rings. The Balaban J connectivity index is 2.03. The van der Waals surface area contributed by atoms with E-state index in [0.717, 1.165) is 9.47 Å². The normalized spacial score (nSPS) is 13.6. The van der Waals surface area contributed by atoms with Crippen LogP contribution in [0.2, 0.25) is 0 Å². The van der Waals surface area contributed by atoms with Gasteiger partial charge in [-0.3, -0.25) is 0 Å². The van der Waals surface area contributed by atoms with Crippen molar-refractivity contribution in [3.8, 4) is 0 Å². The molecule has 0 bridgehead atoms. The van der Waals surface area contributed by atoms with Crippen molar-refractivity contribution in [1.29, 1.82) is 0 Å². The van der Waals surface area contributed by atoms with Crippen molar-refractivity contribution in [3.63, 3.8) is 0 Å². The van der Waals surface area contributed by atoms with Gasteiger partial charge in [-0.1, -0.05) is 30.3 Å². The number of benzene rings is 2. The van der Waals surface area contributed by atoms with E-state index in [0.29, 0.717) is 11.1 Å². The van der Waals surface area contributed by atoms with Crippen LogP contribution in [-0.4, -0.2) is 22.7 Å². The van der Waals surface area contributed by atoms with E-state index in [9.17, 15) is 13.5 Å². The fraction of sp³-hybridized carbons (Fsp3) is 0.0625. The SMILES string of the molecule is N/C=C/C(O)c1ccc(S(=O)(=O)n2ncc3ccccc32)cc1. The Morgan fingerprint density at radius 1 is 1.13 bits per heavy atom. The molecule has 0 radical (unpaired) electrons. The highest BCUT2D eigenvalue weighted by molar-refractivity contribution is 7.90.